The van der Waals surface area contributed by atoms with E-state index in [4.69, 9.17) is 0 Å². The van der Waals surface area contributed by atoms with Gasteiger partial charge in [0.1, 0.15) is 6.29 Å². The molecule has 0 N–H and O–H groups in total. The van der Waals surface area contributed by atoms with Crippen molar-refractivity contribution in [2.45, 2.75) is 25.0 Å². The Labute approximate surface area is 60.2 Å². The molecule has 0 aromatic carbocycles. The highest BCUT2D eigenvalue weighted by Crippen LogP contribution is 2.61. The second kappa shape index (κ2) is 1.75. The van der Waals surface area contributed by atoms with Crippen LogP contribution in [0.2, 0.25) is 0 Å². The van der Waals surface area contributed by atoms with Gasteiger partial charge < -0.3 is 4.79 Å². The molecule has 0 saturated heterocycles. The average molecular weight is 144 g/mol. The Morgan fingerprint density at radius 1 is 1.56 bits per heavy atom. The minimum Gasteiger partial charge on any atom is -0.302 e. The van der Waals surface area contributed by atoms with Crippen LogP contribution in [0.1, 0.15) is 20.3 Å². The van der Waals surface area contributed by atoms with Crippen LogP contribution < -0.4 is 0 Å². The van der Waals surface area contributed by atoms with Gasteiger partial charge >= 0.3 is 0 Å². The van der Waals surface area contributed by atoms with Crippen LogP contribution in [-0.2, 0) is 4.79 Å². The van der Waals surface area contributed by atoms with Crippen molar-refractivity contribution in [3.63, 3.8) is 0 Å². The summed E-state index contributed by atoms with van der Waals surface area (Å²) in [4.78, 5) is 10.5. The number of carbonyl (C=O) groups is 1. The van der Waals surface area contributed by atoms with Crippen molar-refractivity contribution >= 4 is 18.0 Å². The normalized spacial score (nSPS) is 38.1. The SMILES string of the molecule is CSC1(C=O)CC1(C)C. The molecule has 0 aromatic rings. The number of rotatable bonds is 2. The molecule has 1 nitrogen and oxygen atoms in total. The summed E-state index contributed by atoms with van der Waals surface area (Å²) in [5, 5.41) is 0. The third kappa shape index (κ3) is 0.803. The Hall–Kier alpha value is 0.0200. The maximum absolute atomic E-state index is 10.5. The lowest BCUT2D eigenvalue weighted by molar-refractivity contribution is -0.108. The van der Waals surface area contributed by atoms with Gasteiger partial charge in [0.05, 0.1) is 4.75 Å². The molecule has 0 heterocycles. The predicted molar refractivity (Wildman–Crippen MR) is 40.7 cm³/mol. The number of thioether (sulfide) groups is 1. The quantitative estimate of drug-likeness (QED) is 0.549. The monoisotopic (exact) mass is 144 g/mol. The topological polar surface area (TPSA) is 17.1 Å². The third-order valence-corrected chi connectivity index (χ3v) is 3.80. The summed E-state index contributed by atoms with van der Waals surface area (Å²) in [5.74, 6) is 0. The smallest absolute Gasteiger partial charge is 0.136 e. The molecule has 0 aromatic heterocycles. The largest absolute Gasteiger partial charge is 0.302 e. The molecule has 0 radical (unpaired) electrons. The van der Waals surface area contributed by atoms with Gasteiger partial charge in [-0.05, 0) is 18.1 Å². The molecule has 9 heavy (non-hydrogen) atoms. The summed E-state index contributed by atoms with van der Waals surface area (Å²) in [7, 11) is 0. The molecule has 1 aliphatic rings. The lowest BCUT2D eigenvalue weighted by Crippen LogP contribution is -2.12. The van der Waals surface area contributed by atoms with Gasteiger partial charge in [-0.25, -0.2) is 0 Å². The molecular weight excluding hydrogens is 132 g/mol. The van der Waals surface area contributed by atoms with Crippen LogP contribution in [-0.4, -0.2) is 17.3 Å². The van der Waals surface area contributed by atoms with Crippen LogP contribution in [0, 0.1) is 5.41 Å². The van der Waals surface area contributed by atoms with Gasteiger partial charge in [-0.3, -0.25) is 0 Å². The second-order valence-corrected chi connectivity index (χ2v) is 4.41. The van der Waals surface area contributed by atoms with E-state index in [1.54, 1.807) is 11.8 Å². The Morgan fingerprint density at radius 2 is 2.00 bits per heavy atom. The van der Waals surface area contributed by atoms with E-state index in [0.717, 1.165) is 12.7 Å². The Balaban J connectivity index is 2.68. The highest BCUT2D eigenvalue weighted by Gasteiger charge is 2.61. The summed E-state index contributed by atoms with van der Waals surface area (Å²) in [6, 6.07) is 0. The average Bonchev–Trinajstić information content (AvgIpc) is 2.35. The first kappa shape index (κ1) is 7.13. The summed E-state index contributed by atoms with van der Waals surface area (Å²) in [6.45, 7) is 4.27. The molecule has 1 aliphatic carbocycles. The summed E-state index contributed by atoms with van der Waals surface area (Å²) < 4.78 is -0.0347. The molecule has 1 fully saturated rings. The molecule has 0 amide bonds. The molecular formula is C7H12OS. The number of carbonyl (C=O) groups excluding carboxylic acids is 1. The fourth-order valence-electron chi connectivity index (χ4n) is 1.21. The van der Waals surface area contributed by atoms with Crippen LogP contribution in [0.3, 0.4) is 0 Å². The highest BCUT2D eigenvalue weighted by atomic mass is 32.2. The minimum absolute atomic E-state index is 0.0347. The first-order valence-electron chi connectivity index (χ1n) is 3.09. The molecule has 1 rings (SSSR count). The first-order chi connectivity index (χ1) is 4.08. The third-order valence-electron chi connectivity index (χ3n) is 2.28. The van der Waals surface area contributed by atoms with Crippen LogP contribution in [0.5, 0.6) is 0 Å². The minimum atomic E-state index is -0.0347. The van der Waals surface area contributed by atoms with Gasteiger partial charge in [0.2, 0.25) is 0 Å². The first-order valence-corrected chi connectivity index (χ1v) is 4.32. The van der Waals surface area contributed by atoms with Crippen molar-refractivity contribution in [1.29, 1.82) is 0 Å². The van der Waals surface area contributed by atoms with Gasteiger partial charge in [-0.2, -0.15) is 11.8 Å². The number of aldehydes is 1. The molecule has 52 valence electrons. The van der Waals surface area contributed by atoms with E-state index in [0.29, 0.717) is 0 Å². The molecule has 1 atom stereocenters. The predicted octanol–water partition coefficient (Wildman–Crippen LogP) is 1.72. The highest BCUT2D eigenvalue weighted by molar-refractivity contribution is 8.01. The van der Waals surface area contributed by atoms with Crippen molar-refractivity contribution in [2.75, 3.05) is 6.26 Å². The molecule has 1 saturated carbocycles. The lowest BCUT2D eigenvalue weighted by atomic mass is 10.1. The molecule has 1 unspecified atom stereocenters. The maximum Gasteiger partial charge on any atom is 0.136 e. The summed E-state index contributed by atoms with van der Waals surface area (Å²) >= 11 is 1.68. The van der Waals surface area contributed by atoms with Crippen molar-refractivity contribution in [1.82, 2.24) is 0 Å². The maximum atomic E-state index is 10.5. The summed E-state index contributed by atoms with van der Waals surface area (Å²) in [6.07, 6.45) is 4.14. The molecule has 2 heteroatoms. The zero-order chi connectivity index (χ0) is 7.12. The molecule has 0 bridgehead atoms. The van der Waals surface area contributed by atoms with Crippen molar-refractivity contribution < 1.29 is 4.79 Å². The fraction of sp³-hybridized carbons (Fsp3) is 0.857. The van der Waals surface area contributed by atoms with Crippen molar-refractivity contribution in [3.8, 4) is 0 Å². The Morgan fingerprint density at radius 3 is 2.00 bits per heavy atom. The second-order valence-electron chi connectivity index (χ2n) is 3.27. The van der Waals surface area contributed by atoms with Crippen LogP contribution in [0.4, 0.5) is 0 Å². The van der Waals surface area contributed by atoms with Gasteiger partial charge in [-0.15, -0.1) is 0 Å². The molecule has 0 spiro atoms. The van der Waals surface area contributed by atoms with Crippen LogP contribution in [0.25, 0.3) is 0 Å². The Bertz CT molecular complexity index is 142. The van der Waals surface area contributed by atoms with Crippen LogP contribution >= 0.6 is 11.8 Å². The van der Waals surface area contributed by atoms with E-state index in [1.165, 1.54) is 0 Å². The fourth-order valence-corrected chi connectivity index (χ4v) is 2.36. The van der Waals surface area contributed by atoms with E-state index in [1.807, 2.05) is 6.26 Å². The standard InChI is InChI=1S/C7H12OS/c1-6(2)4-7(6,5-8)9-3/h5H,4H2,1-3H3. The summed E-state index contributed by atoms with van der Waals surface area (Å²) in [5.41, 5.74) is 0.258. The van der Waals surface area contributed by atoms with Crippen molar-refractivity contribution in [3.05, 3.63) is 0 Å². The van der Waals surface area contributed by atoms with Gasteiger partial charge in [0, 0.05) is 0 Å². The van der Waals surface area contributed by atoms with E-state index in [9.17, 15) is 4.79 Å². The lowest BCUT2D eigenvalue weighted by Gasteiger charge is -2.07. The van der Waals surface area contributed by atoms with Crippen molar-refractivity contribution in [2.24, 2.45) is 5.41 Å². The zero-order valence-electron chi connectivity index (χ0n) is 6.10. The van der Waals surface area contributed by atoms with Crippen LogP contribution in [0.15, 0.2) is 0 Å². The van der Waals surface area contributed by atoms with Gasteiger partial charge in [0.25, 0.3) is 0 Å². The zero-order valence-corrected chi connectivity index (χ0v) is 6.92. The van der Waals surface area contributed by atoms with E-state index in [-0.39, 0.29) is 10.2 Å². The number of hydrogen-bond donors (Lipinski definition) is 0. The molecule has 0 aliphatic heterocycles. The van der Waals surface area contributed by atoms with Gasteiger partial charge in [0.15, 0.2) is 0 Å². The van der Waals surface area contributed by atoms with Gasteiger partial charge in [-0.1, -0.05) is 13.8 Å². The number of hydrogen-bond acceptors (Lipinski definition) is 2. The van der Waals surface area contributed by atoms with E-state index in [2.05, 4.69) is 13.8 Å². The van der Waals surface area contributed by atoms with E-state index < -0.39 is 0 Å². The van der Waals surface area contributed by atoms with E-state index >= 15 is 0 Å². The Kier molecular flexibility index (Phi) is 1.39.